The molecular formula is C19H21N3O2. The molecule has 0 aliphatic heterocycles. The highest BCUT2D eigenvalue weighted by Gasteiger charge is 2.09. The van der Waals surface area contributed by atoms with Crippen LogP contribution in [0.3, 0.4) is 0 Å². The molecule has 1 aromatic heterocycles. The van der Waals surface area contributed by atoms with Crippen molar-refractivity contribution in [3.8, 4) is 17.1 Å². The normalized spacial score (nSPS) is 10.8. The van der Waals surface area contributed by atoms with Gasteiger partial charge in [0.05, 0.1) is 13.0 Å². The molecule has 0 radical (unpaired) electrons. The second kappa shape index (κ2) is 7.27. The van der Waals surface area contributed by atoms with Gasteiger partial charge < -0.3 is 15.0 Å². The first-order valence-corrected chi connectivity index (χ1v) is 7.98. The third kappa shape index (κ3) is 3.81. The molecule has 24 heavy (non-hydrogen) atoms. The molecule has 0 atom stereocenters. The van der Waals surface area contributed by atoms with Crippen LogP contribution in [0.15, 0.2) is 47.0 Å². The van der Waals surface area contributed by atoms with E-state index in [4.69, 9.17) is 15.0 Å². The molecule has 0 fully saturated rings. The molecule has 2 N–H and O–H groups in total. The monoisotopic (exact) mass is 323 g/mol. The third-order valence-corrected chi connectivity index (χ3v) is 3.83. The zero-order chi connectivity index (χ0) is 16.9. The first-order chi connectivity index (χ1) is 11.7. The van der Waals surface area contributed by atoms with Crippen LogP contribution in [0.1, 0.15) is 22.6 Å². The summed E-state index contributed by atoms with van der Waals surface area (Å²) in [7, 11) is 0. The number of aromatic nitrogens is 2. The molecule has 0 spiro atoms. The Morgan fingerprint density at radius 3 is 2.62 bits per heavy atom. The van der Waals surface area contributed by atoms with Crippen molar-refractivity contribution in [2.75, 3.05) is 6.61 Å². The number of rotatable bonds is 6. The second-order valence-corrected chi connectivity index (χ2v) is 5.78. The fourth-order valence-electron chi connectivity index (χ4n) is 2.37. The average Bonchev–Trinajstić information content (AvgIpc) is 3.07. The van der Waals surface area contributed by atoms with Gasteiger partial charge in [-0.15, -0.1) is 0 Å². The Labute approximate surface area is 141 Å². The quantitative estimate of drug-likeness (QED) is 0.752. The molecular weight excluding hydrogens is 302 g/mol. The summed E-state index contributed by atoms with van der Waals surface area (Å²) in [6.07, 6.45) is 0.571. The molecule has 0 saturated heterocycles. The van der Waals surface area contributed by atoms with E-state index in [2.05, 4.69) is 22.3 Å². The van der Waals surface area contributed by atoms with Crippen LogP contribution in [0, 0.1) is 13.8 Å². The van der Waals surface area contributed by atoms with Crippen molar-refractivity contribution in [3.05, 3.63) is 65.0 Å². The van der Waals surface area contributed by atoms with E-state index in [0.717, 1.165) is 22.4 Å². The molecule has 2 aromatic carbocycles. The molecule has 0 aliphatic rings. The van der Waals surface area contributed by atoms with Crippen LogP contribution in [0.5, 0.6) is 5.75 Å². The van der Waals surface area contributed by atoms with Gasteiger partial charge >= 0.3 is 0 Å². The van der Waals surface area contributed by atoms with E-state index in [1.807, 2.05) is 44.2 Å². The van der Waals surface area contributed by atoms with E-state index in [-0.39, 0.29) is 0 Å². The number of aryl methyl sites for hydroxylation is 2. The van der Waals surface area contributed by atoms with Gasteiger partial charge in [0.1, 0.15) is 5.75 Å². The third-order valence-electron chi connectivity index (χ3n) is 3.83. The number of ether oxygens (including phenoxy) is 1. The Kier molecular flexibility index (Phi) is 4.91. The van der Waals surface area contributed by atoms with Crippen molar-refractivity contribution in [3.63, 3.8) is 0 Å². The lowest BCUT2D eigenvalue weighted by Crippen LogP contribution is -2.03. The summed E-state index contributed by atoms with van der Waals surface area (Å²) in [6.45, 7) is 5.10. The van der Waals surface area contributed by atoms with Crippen molar-refractivity contribution in [2.24, 2.45) is 5.73 Å². The van der Waals surface area contributed by atoms with Crippen LogP contribution in [0.4, 0.5) is 0 Å². The molecule has 5 nitrogen and oxygen atoms in total. The predicted octanol–water partition coefficient (Wildman–Crippen LogP) is 3.43. The Bertz CT molecular complexity index is 810. The summed E-state index contributed by atoms with van der Waals surface area (Å²) < 4.78 is 11.1. The molecule has 0 saturated carbocycles. The standard InChI is InChI=1S/C19H21N3O2/c1-13-3-4-14(2)17(11-13)23-10-9-18-21-19(22-24-18)16-7-5-15(12-20)6-8-16/h3-8,11H,9-10,12,20H2,1-2H3. The Morgan fingerprint density at radius 1 is 1.08 bits per heavy atom. The molecule has 3 rings (SSSR count). The number of nitrogens with two attached hydrogens (primary N) is 1. The molecule has 0 unspecified atom stereocenters. The van der Waals surface area contributed by atoms with Gasteiger partial charge in [-0.3, -0.25) is 0 Å². The lowest BCUT2D eigenvalue weighted by atomic mass is 10.1. The minimum absolute atomic E-state index is 0.498. The van der Waals surface area contributed by atoms with Crippen LogP contribution in [0.25, 0.3) is 11.4 Å². The van der Waals surface area contributed by atoms with Gasteiger partial charge in [0.2, 0.25) is 11.7 Å². The number of nitrogens with zero attached hydrogens (tertiary/aromatic N) is 2. The minimum Gasteiger partial charge on any atom is -0.493 e. The zero-order valence-electron chi connectivity index (χ0n) is 14.0. The van der Waals surface area contributed by atoms with E-state index in [1.54, 1.807) is 0 Å². The summed E-state index contributed by atoms with van der Waals surface area (Å²) >= 11 is 0. The van der Waals surface area contributed by atoms with Crippen molar-refractivity contribution in [1.82, 2.24) is 10.1 Å². The van der Waals surface area contributed by atoms with Crippen molar-refractivity contribution < 1.29 is 9.26 Å². The fraction of sp³-hybridized carbons (Fsp3) is 0.263. The van der Waals surface area contributed by atoms with Gasteiger partial charge in [0, 0.05) is 12.1 Å². The maximum absolute atomic E-state index is 5.83. The van der Waals surface area contributed by atoms with Gasteiger partial charge in [0.15, 0.2) is 0 Å². The lowest BCUT2D eigenvalue weighted by Gasteiger charge is -2.08. The predicted molar refractivity (Wildman–Crippen MR) is 92.7 cm³/mol. The summed E-state index contributed by atoms with van der Waals surface area (Å²) in [5, 5.41) is 4.03. The van der Waals surface area contributed by atoms with Gasteiger partial charge in [-0.25, -0.2) is 0 Å². The van der Waals surface area contributed by atoms with E-state index < -0.39 is 0 Å². The number of benzene rings is 2. The van der Waals surface area contributed by atoms with Gasteiger partial charge in [0.25, 0.3) is 0 Å². The Hall–Kier alpha value is -2.66. The van der Waals surface area contributed by atoms with Crippen LogP contribution >= 0.6 is 0 Å². The smallest absolute Gasteiger partial charge is 0.230 e. The highest BCUT2D eigenvalue weighted by molar-refractivity contribution is 5.54. The summed E-state index contributed by atoms with van der Waals surface area (Å²) in [5.41, 5.74) is 9.88. The largest absolute Gasteiger partial charge is 0.493 e. The summed E-state index contributed by atoms with van der Waals surface area (Å²) in [5.74, 6) is 2.05. The maximum Gasteiger partial charge on any atom is 0.230 e. The van der Waals surface area contributed by atoms with Crippen LogP contribution < -0.4 is 10.5 Å². The van der Waals surface area contributed by atoms with Crippen molar-refractivity contribution in [1.29, 1.82) is 0 Å². The molecule has 3 aromatic rings. The topological polar surface area (TPSA) is 74.2 Å². The summed E-state index contributed by atoms with van der Waals surface area (Å²) in [6, 6.07) is 14.0. The highest BCUT2D eigenvalue weighted by atomic mass is 16.5. The number of hydrogen-bond acceptors (Lipinski definition) is 5. The van der Waals surface area contributed by atoms with Crippen molar-refractivity contribution >= 4 is 0 Å². The second-order valence-electron chi connectivity index (χ2n) is 5.78. The van der Waals surface area contributed by atoms with E-state index in [9.17, 15) is 0 Å². The Balaban J connectivity index is 1.60. The van der Waals surface area contributed by atoms with E-state index in [1.165, 1.54) is 5.56 Å². The Morgan fingerprint density at radius 2 is 1.88 bits per heavy atom. The number of hydrogen-bond donors (Lipinski definition) is 1. The SMILES string of the molecule is Cc1ccc(C)c(OCCc2nc(-c3ccc(CN)cc3)no2)c1. The molecule has 124 valence electrons. The first-order valence-electron chi connectivity index (χ1n) is 7.98. The fourth-order valence-corrected chi connectivity index (χ4v) is 2.37. The average molecular weight is 323 g/mol. The van der Waals surface area contributed by atoms with E-state index >= 15 is 0 Å². The minimum atomic E-state index is 0.498. The summed E-state index contributed by atoms with van der Waals surface area (Å²) in [4.78, 5) is 4.42. The van der Waals surface area contributed by atoms with Crippen LogP contribution in [-0.4, -0.2) is 16.7 Å². The lowest BCUT2D eigenvalue weighted by molar-refractivity contribution is 0.291. The van der Waals surface area contributed by atoms with Gasteiger partial charge in [-0.1, -0.05) is 41.6 Å². The van der Waals surface area contributed by atoms with Crippen LogP contribution in [0.2, 0.25) is 0 Å². The molecule has 0 aliphatic carbocycles. The first kappa shape index (κ1) is 16.2. The van der Waals surface area contributed by atoms with E-state index in [0.29, 0.717) is 31.3 Å². The highest BCUT2D eigenvalue weighted by Crippen LogP contribution is 2.20. The van der Waals surface area contributed by atoms with Gasteiger partial charge in [-0.2, -0.15) is 4.98 Å². The zero-order valence-corrected chi connectivity index (χ0v) is 14.0. The molecule has 5 heteroatoms. The molecule has 0 bridgehead atoms. The van der Waals surface area contributed by atoms with Crippen molar-refractivity contribution in [2.45, 2.75) is 26.8 Å². The molecule has 0 amide bonds. The maximum atomic E-state index is 5.83. The van der Waals surface area contributed by atoms with Gasteiger partial charge in [-0.05, 0) is 36.6 Å². The molecule has 1 heterocycles. The van der Waals surface area contributed by atoms with Crippen LogP contribution in [-0.2, 0) is 13.0 Å².